The molecule has 0 saturated carbocycles. The number of amides is 1. The van der Waals surface area contributed by atoms with E-state index in [4.69, 9.17) is 4.84 Å². The van der Waals surface area contributed by atoms with Gasteiger partial charge in [-0.25, -0.2) is 8.42 Å². The number of rotatable bonds is 6. The molecule has 3 rings (SSSR count). The van der Waals surface area contributed by atoms with Crippen LogP contribution in [0.15, 0.2) is 53.4 Å². The van der Waals surface area contributed by atoms with Crippen LogP contribution < -0.4 is 10.2 Å². The van der Waals surface area contributed by atoms with E-state index in [0.717, 1.165) is 36.3 Å². The Morgan fingerprint density at radius 3 is 2.14 bits per heavy atom. The van der Waals surface area contributed by atoms with Crippen LogP contribution in [0.5, 0.6) is 0 Å². The summed E-state index contributed by atoms with van der Waals surface area (Å²) in [5.41, 5.74) is 2.18. The Hall–Kier alpha value is -2.46. The third-order valence-corrected chi connectivity index (χ3v) is 6.70. The van der Waals surface area contributed by atoms with Gasteiger partial charge in [0.05, 0.1) is 12.0 Å². The maximum absolute atomic E-state index is 12.5. The Morgan fingerprint density at radius 1 is 1.00 bits per heavy atom. The minimum atomic E-state index is -3.74. The molecule has 1 aliphatic rings. The van der Waals surface area contributed by atoms with Crippen molar-refractivity contribution in [1.82, 2.24) is 9.37 Å². The van der Waals surface area contributed by atoms with Gasteiger partial charge in [-0.15, -0.1) is 0 Å². The minimum Gasteiger partial charge on any atom is -0.369 e. The number of nitrogens with zero attached hydrogens (tertiary/aromatic N) is 3. The Kier molecular flexibility index (Phi) is 6.53. The molecule has 1 saturated heterocycles. The second kappa shape index (κ2) is 8.91. The molecule has 2 aromatic carbocycles. The van der Waals surface area contributed by atoms with E-state index in [0.29, 0.717) is 11.3 Å². The molecule has 0 radical (unpaired) electrons. The standard InChI is InChI=1S/C20H26N4O4S/c1-22-12-14-24(15-13-22)18-8-6-17(7-9-18)21-20(25)16-4-10-19(11-5-16)29(26,27)23(2)28-3/h4-11H,12-15H2,1-3H3,(H,21,25). The lowest BCUT2D eigenvalue weighted by Crippen LogP contribution is -2.44. The highest BCUT2D eigenvalue weighted by Gasteiger charge is 2.21. The second-order valence-electron chi connectivity index (χ2n) is 6.91. The Morgan fingerprint density at radius 2 is 1.59 bits per heavy atom. The van der Waals surface area contributed by atoms with Crippen molar-refractivity contribution in [3.05, 3.63) is 54.1 Å². The number of nitrogens with one attached hydrogen (secondary N) is 1. The summed E-state index contributed by atoms with van der Waals surface area (Å²) in [4.78, 5) is 21.9. The number of likely N-dealkylation sites (N-methyl/N-ethyl adjacent to an activating group) is 1. The van der Waals surface area contributed by atoms with Gasteiger partial charge >= 0.3 is 0 Å². The fourth-order valence-electron chi connectivity index (χ4n) is 3.05. The highest BCUT2D eigenvalue weighted by atomic mass is 32.2. The zero-order chi connectivity index (χ0) is 21.0. The van der Waals surface area contributed by atoms with Gasteiger partial charge in [0, 0.05) is 50.2 Å². The molecule has 0 aromatic heterocycles. The van der Waals surface area contributed by atoms with E-state index in [1.165, 1.54) is 38.4 Å². The largest absolute Gasteiger partial charge is 0.369 e. The predicted molar refractivity (Wildman–Crippen MR) is 113 cm³/mol. The van der Waals surface area contributed by atoms with Crippen molar-refractivity contribution in [2.75, 3.05) is 57.6 Å². The van der Waals surface area contributed by atoms with Crippen LogP contribution in [0.4, 0.5) is 11.4 Å². The molecule has 1 fully saturated rings. The number of carbonyl (C=O) groups excluding carboxylic acids is 1. The number of carbonyl (C=O) groups is 1. The monoisotopic (exact) mass is 418 g/mol. The molecule has 0 bridgehead atoms. The van der Waals surface area contributed by atoms with Crippen LogP contribution in [0, 0.1) is 0 Å². The molecule has 2 aromatic rings. The molecule has 0 aliphatic carbocycles. The smallest absolute Gasteiger partial charge is 0.264 e. The molecule has 9 heteroatoms. The third kappa shape index (κ3) is 4.94. The number of hydrogen-bond acceptors (Lipinski definition) is 6. The topological polar surface area (TPSA) is 82.2 Å². The van der Waals surface area contributed by atoms with Crippen LogP contribution in [-0.2, 0) is 14.9 Å². The van der Waals surface area contributed by atoms with Crippen LogP contribution in [0.2, 0.25) is 0 Å². The quantitative estimate of drug-likeness (QED) is 0.722. The van der Waals surface area contributed by atoms with Crippen molar-refractivity contribution in [3.63, 3.8) is 0 Å². The Balaban J connectivity index is 1.64. The van der Waals surface area contributed by atoms with Crippen molar-refractivity contribution in [3.8, 4) is 0 Å². The highest BCUT2D eigenvalue weighted by Crippen LogP contribution is 2.20. The summed E-state index contributed by atoms with van der Waals surface area (Å²) < 4.78 is 25.2. The van der Waals surface area contributed by atoms with Gasteiger partial charge in [0.2, 0.25) is 0 Å². The van der Waals surface area contributed by atoms with Crippen LogP contribution in [0.3, 0.4) is 0 Å². The average Bonchev–Trinajstić information content (AvgIpc) is 2.74. The zero-order valence-corrected chi connectivity index (χ0v) is 17.6. The van der Waals surface area contributed by atoms with E-state index in [9.17, 15) is 13.2 Å². The second-order valence-corrected chi connectivity index (χ2v) is 8.85. The lowest BCUT2D eigenvalue weighted by atomic mass is 10.2. The van der Waals surface area contributed by atoms with Gasteiger partial charge in [0.1, 0.15) is 0 Å². The number of benzene rings is 2. The number of hydrogen-bond donors (Lipinski definition) is 1. The van der Waals surface area contributed by atoms with Gasteiger partial charge in [0.25, 0.3) is 15.9 Å². The lowest BCUT2D eigenvalue weighted by Gasteiger charge is -2.34. The van der Waals surface area contributed by atoms with Gasteiger partial charge in [-0.2, -0.15) is 0 Å². The Labute approximate surface area is 171 Å². The summed E-state index contributed by atoms with van der Waals surface area (Å²) in [6.07, 6.45) is 0. The van der Waals surface area contributed by atoms with Crippen molar-refractivity contribution >= 4 is 27.3 Å². The zero-order valence-electron chi connectivity index (χ0n) is 16.8. The number of hydroxylamine groups is 1. The van der Waals surface area contributed by atoms with Gasteiger partial charge < -0.3 is 15.1 Å². The van der Waals surface area contributed by atoms with E-state index in [1.54, 1.807) is 0 Å². The molecule has 1 N–H and O–H groups in total. The first-order valence-electron chi connectivity index (χ1n) is 9.29. The van der Waals surface area contributed by atoms with Gasteiger partial charge in [-0.05, 0) is 55.6 Å². The molecule has 0 unspecified atom stereocenters. The van der Waals surface area contributed by atoms with Gasteiger partial charge in [0.15, 0.2) is 0 Å². The van der Waals surface area contributed by atoms with Crippen LogP contribution in [-0.4, -0.2) is 71.1 Å². The third-order valence-electron chi connectivity index (χ3n) is 5.00. The number of piperazine rings is 1. The predicted octanol–water partition coefficient (Wildman–Crippen LogP) is 1.87. The summed E-state index contributed by atoms with van der Waals surface area (Å²) in [5.74, 6) is -0.304. The summed E-state index contributed by atoms with van der Waals surface area (Å²) in [5, 5.41) is 2.84. The summed E-state index contributed by atoms with van der Waals surface area (Å²) in [6, 6.07) is 13.5. The van der Waals surface area contributed by atoms with E-state index in [2.05, 4.69) is 22.2 Å². The van der Waals surface area contributed by atoms with Crippen molar-refractivity contribution in [1.29, 1.82) is 0 Å². The minimum absolute atomic E-state index is 0.0509. The number of sulfonamides is 1. The molecular formula is C20H26N4O4S. The summed E-state index contributed by atoms with van der Waals surface area (Å²) in [6.45, 7) is 4.03. The fourth-order valence-corrected chi connectivity index (χ4v) is 4.02. The van der Waals surface area contributed by atoms with Gasteiger partial charge in [-0.1, -0.05) is 4.47 Å². The molecule has 8 nitrogen and oxygen atoms in total. The van der Waals surface area contributed by atoms with Crippen LogP contribution in [0.1, 0.15) is 10.4 Å². The van der Waals surface area contributed by atoms with E-state index in [1.807, 2.05) is 24.3 Å². The summed E-state index contributed by atoms with van der Waals surface area (Å²) in [7, 11) is 0.961. The maximum atomic E-state index is 12.5. The lowest BCUT2D eigenvalue weighted by molar-refractivity contribution is -0.0258. The van der Waals surface area contributed by atoms with Crippen molar-refractivity contribution in [2.24, 2.45) is 0 Å². The molecule has 156 valence electrons. The first kappa shape index (κ1) is 21.3. The van der Waals surface area contributed by atoms with Crippen LogP contribution >= 0.6 is 0 Å². The fraction of sp³-hybridized carbons (Fsp3) is 0.350. The SMILES string of the molecule is CON(C)S(=O)(=O)c1ccc(C(=O)Nc2ccc(N3CCN(C)CC3)cc2)cc1. The molecule has 1 amide bonds. The van der Waals surface area contributed by atoms with Crippen LogP contribution in [0.25, 0.3) is 0 Å². The van der Waals surface area contributed by atoms with E-state index < -0.39 is 10.0 Å². The molecular weight excluding hydrogens is 392 g/mol. The van der Waals surface area contributed by atoms with E-state index in [-0.39, 0.29) is 10.8 Å². The maximum Gasteiger partial charge on any atom is 0.264 e. The molecule has 1 heterocycles. The number of anilines is 2. The van der Waals surface area contributed by atoms with Gasteiger partial charge in [-0.3, -0.25) is 9.63 Å². The first-order valence-corrected chi connectivity index (χ1v) is 10.7. The molecule has 0 atom stereocenters. The van der Waals surface area contributed by atoms with Crippen molar-refractivity contribution < 1.29 is 18.0 Å². The normalized spacial score (nSPS) is 15.5. The molecule has 1 aliphatic heterocycles. The Bertz CT molecular complexity index is 937. The molecule has 29 heavy (non-hydrogen) atoms. The first-order chi connectivity index (χ1) is 13.8. The van der Waals surface area contributed by atoms with E-state index >= 15 is 0 Å². The molecule has 0 spiro atoms. The summed E-state index contributed by atoms with van der Waals surface area (Å²) >= 11 is 0. The van der Waals surface area contributed by atoms with Crippen molar-refractivity contribution in [2.45, 2.75) is 4.90 Å². The highest BCUT2D eigenvalue weighted by molar-refractivity contribution is 7.89. The average molecular weight is 419 g/mol.